The highest BCUT2D eigenvalue weighted by molar-refractivity contribution is 8.15. The molecule has 2 amide bonds. The molecule has 6 nitrogen and oxygen atoms in total. The number of amides is 2. The molecule has 8 rings (SSSR count). The molecule has 0 saturated carbocycles. The molecule has 2 aliphatic heterocycles. The fourth-order valence-electron chi connectivity index (χ4n) is 7.25. The van der Waals surface area contributed by atoms with Gasteiger partial charge in [-0.25, -0.2) is 0 Å². The van der Waals surface area contributed by atoms with Gasteiger partial charge in [-0.1, -0.05) is 139 Å². The Kier molecular flexibility index (Phi) is 8.51. The minimum absolute atomic E-state index is 0.128. The molecule has 0 aliphatic carbocycles. The van der Waals surface area contributed by atoms with Gasteiger partial charge in [0, 0.05) is 7.05 Å². The van der Waals surface area contributed by atoms with E-state index >= 15 is 0 Å². The minimum atomic E-state index is -1.12. The van der Waals surface area contributed by atoms with Crippen LogP contribution in [0.2, 0.25) is 0 Å². The predicted molar refractivity (Wildman–Crippen MR) is 200 cm³/mol. The van der Waals surface area contributed by atoms with Gasteiger partial charge in [-0.2, -0.15) is 0 Å². The summed E-state index contributed by atoms with van der Waals surface area (Å²) in [6, 6.07) is 49.9. The fourth-order valence-corrected chi connectivity index (χ4v) is 8.31. The van der Waals surface area contributed by atoms with Crippen molar-refractivity contribution in [2.24, 2.45) is 0 Å². The Bertz CT molecular complexity index is 2040. The van der Waals surface area contributed by atoms with Crippen LogP contribution >= 0.6 is 11.8 Å². The highest BCUT2D eigenvalue weighted by atomic mass is 32.2. The van der Waals surface area contributed by atoms with Crippen LogP contribution < -0.4 is 14.4 Å². The molecule has 2 atom stereocenters. The molecule has 2 heterocycles. The Balaban J connectivity index is 0.997. The van der Waals surface area contributed by atoms with Gasteiger partial charge in [0.2, 0.25) is 5.91 Å². The van der Waals surface area contributed by atoms with Crippen molar-refractivity contribution in [3.8, 4) is 11.5 Å². The molecule has 1 saturated heterocycles. The summed E-state index contributed by atoms with van der Waals surface area (Å²) >= 11 is 1.10. The van der Waals surface area contributed by atoms with Gasteiger partial charge in [0.25, 0.3) is 5.24 Å². The zero-order chi connectivity index (χ0) is 34.1. The maximum absolute atomic E-state index is 14.5. The molecule has 0 bridgehead atoms. The Morgan fingerprint density at radius 2 is 1.26 bits per heavy atom. The van der Waals surface area contributed by atoms with E-state index in [1.54, 1.807) is 0 Å². The Morgan fingerprint density at radius 1 is 0.720 bits per heavy atom. The summed E-state index contributed by atoms with van der Waals surface area (Å²) < 4.78 is 12.5. The molecule has 0 radical (unpaired) electrons. The van der Waals surface area contributed by atoms with Gasteiger partial charge in [0.1, 0.15) is 29.7 Å². The van der Waals surface area contributed by atoms with E-state index in [2.05, 4.69) is 36.2 Å². The van der Waals surface area contributed by atoms with Crippen molar-refractivity contribution in [1.82, 2.24) is 4.90 Å². The number of benzene rings is 6. The summed E-state index contributed by atoms with van der Waals surface area (Å²) in [4.78, 5) is 32.2. The van der Waals surface area contributed by atoms with E-state index in [9.17, 15) is 9.59 Å². The molecular weight excluding hydrogens is 641 g/mol. The summed E-state index contributed by atoms with van der Waals surface area (Å²) in [5, 5.41) is 1.51. The first kappa shape index (κ1) is 31.7. The molecular formula is C43H36N2O4S. The van der Waals surface area contributed by atoms with Crippen LogP contribution in [0.4, 0.5) is 10.5 Å². The first-order valence-corrected chi connectivity index (χ1v) is 17.7. The molecule has 0 N–H and O–H groups in total. The standard InChI is InChI=1S/C43H36N2O4S/c1-44-28-37(49-39-27-32-14-12-11-13-31(32)26-38(39)44)29-48-36-23-21-30(22-24-36)25-40-41(46)45(42(47)50-40)43(33-15-5-2-6-16-33,34-17-7-3-8-18-34)35-19-9-4-10-20-35/h2-24,26-27,37,40H,25,28-29H2,1H3. The second kappa shape index (κ2) is 13.4. The first-order chi connectivity index (χ1) is 24.5. The van der Waals surface area contributed by atoms with Gasteiger partial charge in [-0.3, -0.25) is 14.5 Å². The number of hydrogen-bond donors (Lipinski definition) is 0. The monoisotopic (exact) mass is 676 g/mol. The van der Waals surface area contributed by atoms with Crippen LogP contribution in [0.1, 0.15) is 22.3 Å². The minimum Gasteiger partial charge on any atom is -0.490 e. The van der Waals surface area contributed by atoms with E-state index < -0.39 is 10.8 Å². The van der Waals surface area contributed by atoms with E-state index in [1.807, 2.05) is 127 Å². The van der Waals surface area contributed by atoms with Crippen LogP contribution in [0.5, 0.6) is 11.5 Å². The van der Waals surface area contributed by atoms with E-state index in [4.69, 9.17) is 9.47 Å². The largest absolute Gasteiger partial charge is 0.490 e. The number of likely N-dealkylation sites (N-methyl/N-ethyl adjacent to an activating group) is 1. The van der Waals surface area contributed by atoms with Crippen molar-refractivity contribution in [1.29, 1.82) is 0 Å². The van der Waals surface area contributed by atoms with Crippen molar-refractivity contribution >= 4 is 39.4 Å². The number of nitrogens with zero attached hydrogens (tertiary/aromatic N) is 2. The molecule has 0 spiro atoms. The van der Waals surface area contributed by atoms with Crippen LogP contribution in [0.25, 0.3) is 10.8 Å². The molecule has 1 fully saturated rings. The molecule has 2 unspecified atom stereocenters. The van der Waals surface area contributed by atoms with Gasteiger partial charge < -0.3 is 14.4 Å². The lowest BCUT2D eigenvalue weighted by molar-refractivity contribution is -0.129. The smallest absolute Gasteiger partial charge is 0.290 e. The number of carbonyl (C=O) groups excluding carboxylic acids is 2. The van der Waals surface area contributed by atoms with Crippen LogP contribution in [-0.2, 0) is 16.8 Å². The van der Waals surface area contributed by atoms with Crippen LogP contribution in [-0.4, -0.2) is 47.6 Å². The quantitative estimate of drug-likeness (QED) is 0.143. The number of imide groups is 1. The molecule has 50 heavy (non-hydrogen) atoms. The number of ether oxygens (including phenoxy) is 2. The molecule has 2 aliphatic rings. The van der Waals surface area contributed by atoms with E-state index in [1.165, 1.54) is 10.3 Å². The number of thioether (sulfide) groups is 1. The third-order valence-corrected chi connectivity index (χ3v) is 10.7. The molecule has 6 aromatic rings. The average Bonchev–Trinajstić information content (AvgIpc) is 3.44. The Hall–Kier alpha value is -5.53. The van der Waals surface area contributed by atoms with Crippen LogP contribution in [0, 0.1) is 0 Å². The van der Waals surface area contributed by atoms with Crippen molar-refractivity contribution in [3.63, 3.8) is 0 Å². The molecule has 248 valence electrons. The van der Waals surface area contributed by atoms with Crippen molar-refractivity contribution in [2.75, 3.05) is 25.1 Å². The average molecular weight is 677 g/mol. The molecule has 7 heteroatoms. The summed E-state index contributed by atoms with van der Waals surface area (Å²) in [5.74, 6) is 1.38. The second-order valence-corrected chi connectivity index (χ2v) is 14.0. The van der Waals surface area contributed by atoms with Gasteiger partial charge in [0.15, 0.2) is 0 Å². The third-order valence-electron chi connectivity index (χ3n) is 9.62. The number of carbonyl (C=O) groups is 2. The van der Waals surface area contributed by atoms with E-state index in [0.717, 1.165) is 56.6 Å². The Morgan fingerprint density at radius 3 is 1.84 bits per heavy atom. The topological polar surface area (TPSA) is 59.1 Å². The van der Waals surface area contributed by atoms with Crippen LogP contribution in [0.3, 0.4) is 0 Å². The van der Waals surface area contributed by atoms with Gasteiger partial charge >= 0.3 is 0 Å². The van der Waals surface area contributed by atoms with Gasteiger partial charge in [0.05, 0.1) is 17.5 Å². The Labute approximate surface area is 296 Å². The lowest BCUT2D eigenvalue weighted by atomic mass is 9.75. The van der Waals surface area contributed by atoms with Gasteiger partial charge in [-0.15, -0.1) is 0 Å². The summed E-state index contributed by atoms with van der Waals surface area (Å²) in [5.41, 5.74) is 3.47. The number of rotatable bonds is 9. The normalized spacial score (nSPS) is 17.5. The van der Waals surface area contributed by atoms with Gasteiger partial charge in [-0.05, 0) is 63.7 Å². The van der Waals surface area contributed by atoms with E-state index in [-0.39, 0.29) is 17.3 Å². The summed E-state index contributed by atoms with van der Waals surface area (Å²) in [6.45, 7) is 1.11. The fraction of sp³-hybridized carbons (Fsp3) is 0.163. The predicted octanol–water partition coefficient (Wildman–Crippen LogP) is 8.71. The lowest BCUT2D eigenvalue weighted by Crippen LogP contribution is -2.51. The SMILES string of the molecule is CN1CC(COc2ccc(CC3SC(=O)N(C(c4ccccc4)(c4ccccc4)c4ccccc4)C3=O)cc2)Oc2cc3ccccc3cc21. The second-order valence-electron chi connectivity index (χ2n) is 12.8. The lowest BCUT2D eigenvalue weighted by Gasteiger charge is -2.42. The zero-order valence-corrected chi connectivity index (χ0v) is 28.5. The highest BCUT2D eigenvalue weighted by Gasteiger charge is 2.54. The number of fused-ring (bicyclic) bond motifs is 2. The van der Waals surface area contributed by atoms with Crippen molar-refractivity contribution < 1.29 is 19.1 Å². The summed E-state index contributed by atoms with van der Waals surface area (Å²) in [6.07, 6.45) is 0.291. The zero-order valence-electron chi connectivity index (χ0n) is 27.6. The maximum Gasteiger partial charge on any atom is 0.290 e. The summed E-state index contributed by atoms with van der Waals surface area (Å²) in [7, 11) is 2.08. The van der Waals surface area contributed by atoms with Crippen LogP contribution in [0.15, 0.2) is 152 Å². The number of hydrogen-bond acceptors (Lipinski definition) is 6. The van der Waals surface area contributed by atoms with Crippen molar-refractivity contribution in [2.45, 2.75) is 23.3 Å². The highest BCUT2D eigenvalue weighted by Crippen LogP contribution is 2.48. The third kappa shape index (κ3) is 5.77. The first-order valence-electron chi connectivity index (χ1n) is 16.8. The number of anilines is 1. The molecule has 6 aromatic carbocycles. The van der Waals surface area contributed by atoms with E-state index in [0.29, 0.717) is 19.6 Å². The molecule has 0 aromatic heterocycles. The van der Waals surface area contributed by atoms with Crippen molar-refractivity contribution in [3.05, 3.63) is 174 Å². The maximum atomic E-state index is 14.5.